The van der Waals surface area contributed by atoms with Gasteiger partial charge in [-0.3, -0.25) is 4.79 Å². The molecule has 1 heterocycles. The van der Waals surface area contributed by atoms with Crippen LogP contribution in [-0.2, 0) is 14.3 Å². The van der Waals surface area contributed by atoms with Gasteiger partial charge in [0.1, 0.15) is 5.76 Å². The van der Waals surface area contributed by atoms with Crippen molar-refractivity contribution in [1.29, 1.82) is 0 Å². The molecule has 0 aromatic heterocycles. The van der Waals surface area contributed by atoms with Crippen molar-refractivity contribution in [2.24, 2.45) is 0 Å². The van der Waals surface area contributed by atoms with E-state index in [1.165, 1.54) is 12.1 Å². The number of allylic oxidation sites excluding steroid dienone is 1. The van der Waals surface area contributed by atoms with E-state index in [1.54, 1.807) is 32.9 Å². The van der Waals surface area contributed by atoms with Gasteiger partial charge in [0, 0.05) is 30.1 Å². The summed E-state index contributed by atoms with van der Waals surface area (Å²) in [6.07, 6.45) is 2.01. The third-order valence-electron chi connectivity index (χ3n) is 2.25. The molecule has 2 N–H and O–H groups in total. The lowest BCUT2D eigenvalue weighted by molar-refractivity contribution is -0.204. The van der Waals surface area contributed by atoms with Crippen LogP contribution in [0.25, 0.3) is 0 Å². The SMILES string of the molecule is CC1=CC(=O)OC(C)(C)O1.Nc1ccc(Cl)cc1C=O. The van der Waals surface area contributed by atoms with Crippen molar-refractivity contribution < 1.29 is 19.1 Å². The first-order valence-corrected chi connectivity index (χ1v) is 6.22. The minimum atomic E-state index is -0.796. The Morgan fingerprint density at radius 3 is 2.40 bits per heavy atom. The normalized spacial score (nSPS) is 16.0. The molecule has 6 heteroatoms. The highest BCUT2D eigenvalue weighted by Gasteiger charge is 2.27. The van der Waals surface area contributed by atoms with Gasteiger partial charge in [0.15, 0.2) is 6.29 Å². The molecular weight excluding hydrogens is 282 g/mol. The lowest BCUT2D eigenvalue weighted by Crippen LogP contribution is -2.33. The van der Waals surface area contributed by atoms with Gasteiger partial charge < -0.3 is 15.2 Å². The Bertz CT molecular complexity index is 552. The summed E-state index contributed by atoms with van der Waals surface area (Å²) in [5, 5.41) is 0.524. The van der Waals surface area contributed by atoms with Gasteiger partial charge in [0.05, 0.1) is 6.08 Å². The molecule has 0 spiro atoms. The largest absolute Gasteiger partial charge is 0.457 e. The Morgan fingerprint density at radius 1 is 1.30 bits per heavy atom. The van der Waals surface area contributed by atoms with E-state index in [4.69, 9.17) is 26.8 Å². The van der Waals surface area contributed by atoms with Crippen LogP contribution in [-0.4, -0.2) is 18.0 Å². The minimum Gasteiger partial charge on any atom is -0.457 e. The number of ether oxygens (including phenoxy) is 2. The fourth-order valence-corrected chi connectivity index (χ4v) is 1.70. The number of carbonyl (C=O) groups is 2. The summed E-state index contributed by atoms with van der Waals surface area (Å²) in [5.41, 5.74) is 6.31. The van der Waals surface area contributed by atoms with Crippen molar-refractivity contribution in [2.45, 2.75) is 26.6 Å². The molecule has 0 fully saturated rings. The number of hydrogen-bond acceptors (Lipinski definition) is 5. The van der Waals surface area contributed by atoms with Gasteiger partial charge in [-0.25, -0.2) is 4.79 Å². The molecule has 1 aromatic rings. The number of carbonyl (C=O) groups excluding carboxylic acids is 2. The van der Waals surface area contributed by atoms with Crippen LogP contribution in [0.2, 0.25) is 5.02 Å². The molecule has 2 rings (SSSR count). The average molecular weight is 298 g/mol. The van der Waals surface area contributed by atoms with Crippen molar-refractivity contribution in [1.82, 2.24) is 0 Å². The van der Waals surface area contributed by atoms with E-state index in [0.29, 0.717) is 28.3 Å². The maximum atomic E-state index is 10.7. The summed E-state index contributed by atoms with van der Waals surface area (Å²) >= 11 is 5.58. The van der Waals surface area contributed by atoms with E-state index < -0.39 is 5.79 Å². The molecule has 0 aliphatic carbocycles. The Hall–Kier alpha value is -2.01. The van der Waals surface area contributed by atoms with Gasteiger partial charge in [-0.2, -0.15) is 0 Å². The van der Waals surface area contributed by atoms with E-state index in [0.717, 1.165) is 0 Å². The van der Waals surface area contributed by atoms with Gasteiger partial charge >= 0.3 is 5.97 Å². The quantitative estimate of drug-likeness (QED) is 0.490. The number of hydrogen-bond donors (Lipinski definition) is 1. The Labute approximate surface area is 122 Å². The minimum absolute atomic E-state index is 0.339. The molecule has 0 bridgehead atoms. The Balaban J connectivity index is 0.000000200. The zero-order valence-electron chi connectivity index (χ0n) is 11.5. The second-order valence-corrected chi connectivity index (χ2v) is 5.01. The Morgan fingerprint density at radius 2 is 1.95 bits per heavy atom. The van der Waals surface area contributed by atoms with Crippen molar-refractivity contribution in [3.05, 3.63) is 40.6 Å². The van der Waals surface area contributed by atoms with Gasteiger partial charge in [-0.1, -0.05) is 11.6 Å². The number of benzene rings is 1. The van der Waals surface area contributed by atoms with E-state index in [-0.39, 0.29) is 5.97 Å². The number of rotatable bonds is 1. The predicted octanol–water partition coefficient (Wildman–Crippen LogP) is 2.93. The third kappa shape index (κ3) is 4.93. The summed E-state index contributed by atoms with van der Waals surface area (Å²) < 4.78 is 9.97. The van der Waals surface area contributed by atoms with Crippen molar-refractivity contribution >= 4 is 29.5 Å². The molecule has 20 heavy (non-hydrogen) atoms. The number of esters is 1. The maximum absolute atomic E-state index is 10.7. The van der Waals surface area contributed by atoms with Crippen molar-refractivity contribution in [2.75, 3.05) is 5.73 Å². The first kappa shape index (κ1) is 16.0. The van der Waals surface area contributed by atoms with Crippen LogP contribution in [0.5, 0.6) is 0 Å². The highest BCUT2D eigenvalue weighted by Crippen LogP contribution is 2.20. The van der Waals surface area contributed by atoms with E-state index >= 15 is 0 Å². The molecule has 0 amide bonds. The number of nitrogens with two attached hydrogens (primary N) is 1. The van der Waals surface area contributed by atoms with Crippen LogP contribution < -0.4 is 5.73 Å². The monoisotopic (exact) mass is 297 g/mol. The lowest BCUT2D eigenvalue weighted by Gasteiger charge is -2.29. The smallest absolute Gasteiger partial charge is 0.337 e. The number of anilines is 1. The van der Waals surface area contributed by atoms with Crippen LogP contribution >= 0.6 is 11.6 Å². The first-order valence-electron chi connectivity index (χ1n) is 5.84. The van der Waals surface area contributed by atoms with Crippen LogP contribution in [0.1, 0.15) is 31.1 Å². The van der Waals surface area contributed by atoms with E-state index in [1.807, 2.05) is 0 Å². The highest BCUT2D eigenvalue weighted by molar-refractivity contribution is 6.31. The van der Waals surface area contributed by atoms with Crippen LogP contribution in [0.4, 0.5) is 5.69 Å². The summed E-state index contributed by atoms with van der Waals surface area (Å²) in [4.78, 5) is 21.0. The molecule has 5 nitrogen and oxygen atoms in total. The molecule has 1 aliphatic rings. The fourth-order valence-electron chi connectivity index (χ4n) is 1.52. The second kappa shape index (κ2) is 6.43. The van der Waals surface area contributed by atoms with Crippen LogP contribution in [0, 0.1) is 0 Å². The van der Waals surface area contributed by atoms with Crippen molar-refractivity contribution in [3.8, 4) is 0 Å². The average Bonchev–Trinajstić information content (AvgIpc) is 2.29. The fraction of sp³-hybridized carbons (Fsp3) is 0.286. The lowest BCUT2D eigenvalue weighted by atomic mass is 10.2. The topological polar surface area (TPSA) is 78.6 Å². The summed E-state index contributed by atoms with van der Waals surface area (Å²) in [6, 6.07) is 4.78. The van der Waals surface area contributed by atoms with Gasteiger partial charge in [-0.05, 0) is 25.1 Å². The highest BCUT2D eigenvalue weighted by atomic mass is 35.5. The molecule has 1 aliphatic heterocycles. The molecule has 0 unspecified atom stereocenters. The zero-order chi connectivity index (χ0) is 15.3. The molecule has 0 saturated carbocycles. The first-order chi connectivity index (χ1) is 9.23. The summed E-state index contributed by atoms with van der Waals surface area (Å²) in [5.74, 6) is -0.536. The molecule has 1 aromatic carbocycles. The van der Waals surface area contributed by atoms with Gasteiger partial charge in [-0.15, -0.1) is 0 Å². The van der Waals surface area contributed by atoms with Crippen molar-refractivity contribution in [3.63, 3.8) is 0 Å². The zero-order valence-corrected chi connectivity index (χ0v) is 12.2. The van der Waals surface area contributed by atoms with Gasteiger partial charge in [0.2, 0.25) is 5.79 Å². The second-order valence-electron chi connectivity index (χ2n) is 4.57. The summed E-state index contributed by atoms with van der Waals surface area (Å²) in [7, 11) is 0. The van der Waals surface area contributed by atoms with Crippen LogP contribution in [0.15, 0.2) is 30.0 Å². The number of nitrogen functional groups attached to an aromatic ring is 1. The molecule has 0 saturated heterocycles. The van der Waals surface area contributed by atoms with E-state index in [2.05, 4.69) is 0 Å². The Kier molecular flexibility index (Phi) is 5.16. The standard InChI is InChI=1S/C7H6ClNO.C7H10O3/c8-6-1-2-7(9)5(3-6)4-10;1-5-4-6(8)10-7(2,3)9-5/h1-4H,9H2;4H,1-3H3. The molecule has 0 radical (unpaired) electrons. The van der Waals surface area contributed by atoms with Crippen LogP contribution in [0.3, 0.4) is 0 Å². The molecule has 0 atom stereocenters. The van der Waals surface area contributed by atoms with Gasteiger partial charge in [0.25, 0.3) is 0 Å². The summed E-state index contributed by atoms with van der Waals surface area (Å²) in [6.45, 7) is 5.12. The molecule has 108 valence electrons. The van der Waals surface area contributed by atoms with E-state index in [9.17, 15) is 9.59 Å². The number of cyclic esters (lactones) is 1. The third-order valence-corrected chi connectivity index (χ3v) is 2.49. The molecular formula is C14H16ClNO4. The predicted molar refractivity (Wildman–Crippen MR) is 76.3 cm³/mol. The number of aldehydes is 1. The number of halogens is 1. The maximum Gasteiger partial charge on any atom is 0.337 e.